The second kappa shape index (κ2) is 6.81. The Morgan fingerprint density at radius 3 is 2.43 bits per heavy atom. The van der Waals surface area contributed by atoms with Gasteiger partial charge in [-0.1, -0.05) is 18.2 Å². The molecule has 1 atom stereocenters. The smallest absolute Gasteiger partial charge is 0.410 e. The van der Waals surface area contributed by atoms with Gasteiger partial charge in [0, 0.05) is 13.0 Å². The number of carbonyl (C=O) groups excluding carboxylic acids is 3. The van der Waals surface area contributed by atoms with Gasteiger partial charge in [-0.3, -0.25) is 4.79 Å². The number of hydrogen-bond acceptors (Lipinski definition) is 5. The highest BCUT2D eigenvalue weighted by Gasteiger charge is 2.34. The van der Waals surface area contributed by atoms with Crippen LogP contribution in [-0.2, 0) is 14.3 Å². The molecule has 124 valence electrons. The molecule has 0 radical (unpaired) electrons. The molecule has 6 heteroatoms. The summed E-state index contributed by atoms with van der Waals surface area (Å²) in [4.78, 5) is 37.5. The van der Waals surface area contributed by atoms with Crippen molar-refractivity contribution in [1.29, 1.82) is 0 Å². The van der Waals surface area contributed by atoms with E-state index in [4.69, 9.17) is 9.47 Å². The first-order chi connectivity index (χ1) is 10.8. The van der Waals surface area contributed by atoms with Crippen molar-refractivity contribution in [2.45, 2.75) is 38.9 Å². The molecule has 0 saturated carbocycles. The number of esters is 1. The van der Waals surface area contributed by atoms with E-state index in [9.17, 15) is 14.4 Å². The normalized spacial score (nSPS) is 18.5. The molecule has 0 unspecified atom stereocenters. The van der Waals surface area contributed by atoms with Gasteiger partial charge in [0.05, 0.1) is 12.1 Å². The fraction of sp³-hybridized carbons (Fsp3) is 0.471. The molecule has 0 aliphatic carbocycles. The number of hydrogen-bond donors (Lipinski definition) is 0. The van der Waals surface area contributed by atoms with Crippen LogP contribution < -0.4 is 0 Å². The summed E-state index contributed by atoms with van der Waals surface area (Å²) in [5.41, 5.74) is -0.246. The van der Waals surface area contributed by atoms with E-state index in [2.05, 4.69) is 0 Å². The molecule has 1 amide bonds. The van der Waals surface area contributed by atoms with Crippen LogP contribution in [0.15, 0.2) is 30.3 Å². The highest BCUT2D eigenvalue weighted by atomic mass is 16.6. The Balaban J connectivity index is 2.00. The van der Waals surface area contributed by atoms with Crippen LogP contribution in [0.5, 0.6) is 0 Å². The second-order valence-corrected chi connectivity index (χ2v) is 6.40. The van der Waals surface area contributed by atoms with Crippen LogP contribution in [0, 0.1) is 0 Å². The third kappa shape index (κ3) is 4.81. The minimum atomic E-state index is -0.955. The molecule has 23 heavy (non-hydrogen) atoms. The molecule has 1 aliphatic heterocycles. The summed E-state index contributed by atoms with van der Waals surface area (Å²) >= 11 is 0. The van der Waals surface area contributed by atoms with Gasteiger partial charge < -0.3 is 14.4 Å². The van der Waals surface area contributed by atoms with Crippen molar-refractivity contribution in [2.75, 3.05) is 13.1 Å². The van der Waals surface area contributed by atoms with Gasteiger partial charge in [-0.25, -0.2) is 9.59 Å². The van der Waals surface area contributed by atoms with Gasteiger partial charge in [0.25, 0.3) is 0 Å². The summed E-state index contributed by atoms with van der Waals surface area (Å²) < 4.78 is 10.5. The first kappa shape index (κ1) is 17.0. The van der Waals surface area contributed by atoms with Gasteiger partial charge in [0.1, 0.15) is 5.60 Å². The van der Waals surface area contributed by atoms with E-state index in [1.807, 2.05) is 0 Å². The Bertz CT molecular complexity index is 591. The lowest BCUT2D eigenvalue weighted by atomic mass is 10.1. The molecule has 2 rings (SSSR count). The third-order valence-corrected chi connectivity index (χ3v) is 3.28. The number of piperidine rings is 1. The van der Waals surface area contributed by atoms with Crippen molar-refractivity contribution >= 4 is 17.8 Å². The van der Waals surface area contributed by atoms with Crippen molar-refractivity contribution in [3.8, 4) is 0 Å². The molecule has 1 fully saturated rings. The van der Waals surface area contributed by atoms with Crippen LogP contribution in [0.4, 0.5) is 4.79 Å². The second-order valence-electron chi connectivity index (χ2n) is 6.40. The average Bonchev–Trinajstić information content (AvgIpc) is 2.48. The SMILES string of the molecule is CC(C)(C)OC(=O)N1CCC(=O)[C@@H](OC(=O)c2ccccc2)C1. The molecule has 1 heterocycles. The summed E-state index contributed by atoms with van der Waals surface area (Å²) in [6, 6.07) is 8.44. The zero-order valence-corrected chi connectivity index (χ0v) is 13.6. The maximum Gasteiger partial charge on any atom is 0.410 e. The van der Waals surface area contributed by atoms with Crippen LogP contribution in [0.3, 0.4) is 0 Å². The van der Waals surface area contributed by atoms with Crippen molar-refractivity contribution in [3.05, 3.63) is 35.9 Å². The Labute approximate surface area is 135 Å². The number of likely N-dealkylation sites (tertiary alicyclic amines) is 1. The van der Waals surface area contributed by atoms with Crippen LogP contribution >= 0.6 is 0 Å². The van der Waals surface area contributed by atoms with E-state index >= 15 is 0 Å². The molecule has 1 aromatic carbocycles. The Morgan fingerprint density at radius 2 is 1.83 bits per heavy atom. The molecule has 1 aliphatic rings. The first-order valence-corrected chi connectivity index (χ1v) is 7.53. The van der Waals surface area contributed by atoms with E-state index in [1.54, 1.807) is 51.1 Å². The van der Waals surface area contributed by atoms with E-state index in [0.29, 0.717) is 5.56 Å². The molecule has 1 aromatic rings. The fourth-order valence-electron chi connectivity index (χ4n) is 2.17. The zero-order chi connectivity index (χ0) is 17.0. The van der Waals surface area contributed by atoms with Crippen molar-refractivity contribution < 1.29 is 23.9 Å². The van der Waals surface area contributed by atoms with Crippen molar-refractivity contribution in [3.63, 3.8) is 0 Å². The van der Waals surface area contributed by atoms with Crippen LogP contribution in [0.2, 0.25) is 0 Å². The highest BCUT2D eigenvalue weighted by molar-refractivity contribution is 5.93. The molecule has 0 N–H and O–H groups in total. The lowest BCUT2D eigenvalue weighted by molar-refractivity contribution is -0.131. The van der Waals surface area contributed by atoms with E-state index < -0.39 is 23.8 Å². The molecule has 6 nitrogen and oxygen atoms in total. The van der Waals surface area contributed by atoms with Gasteiger partial charge >= 0.3 is 12.1 Å². The number of ketones is 1. The topological polar surface area (TPSA) is 72.9 Å². The summed E-state index contributed by atoms with van der Waals surface area (Å²) in [7, 11) is 0. The first-order valence-electron chi connectivity index (χ1n) is 7.53. The summed E-state index contributed by atoms with van der Waals surface area (Å²) in [6.07, 6.45) is -1.32. The fourth-order valence-corrected chi connectivity index (χ4v) is 2.17. The number of amides is 1. The number of benzene rings is 1. The van der Waals surface area contributed by atoms with Crippen molar-refractivity contribution in [1.82, 2.24) is 4.90 Å². The highest BCUT2D eigenvalue weighted by Crippen LogP contribution is 2.16. The Kier molecular flexibility index (Phi) is 5.03. The quantitative estimate of drug-likeness (QED) is 0.783. The summed E-state index contributed by atoms with van der Waals surface area (Å²) in [5.74, 6) is -0.760. The van der Waals surface area contributed by atoms with Gasteiger partial charge in [-0.2, -0.15) is 0 Å². The summed E-state index contributed by atoms with van der Waals surface area (Å²) in [5, 5.41) is 0. The molecule has 0 spiro atoms. The summed E-state index contributed by atoms with van der Waals surface area (Å²) in [6.45, 7) is 5.60. The lowest BCUT2D eigenvalue weighted by Gasteiger charge is -2.32. The maximum atomic E-state index is 12.1. The minimum absolute atomic E-state index is 0.0202. The molecule has 0 bridgehead atoms. The Hall–Kier alpha value is -2.37. The number of rotatable bonds is 2. The number of ether oxygens (including phenoxy) is 2. The van der Waals surface area contributed by atoms with E-state index in [0.717, 1.165) is 0 Å². The van der Waals surface area contributed by atoms with Gasteiger partial charge in [0.15, 0.2) is 11.9 Å². The van der Waals surface area contributed by atoms with E-state index in [1.165, 1.54) is 4.90 Å². The molecular weight excluding hydrogens is 298 g/mol. The van der Waals surface area contributed by atoms with Crippen LogP contribution in [0.1, 0.15) is 37.6 Å². The Morgan fingerprint density at radius 1 is 1.17 bits per heavy atom. The van der Waals surface area contributed by atoms with Crippen molar-refractivity contribution in [2.24, 2.45) is 0 Å². The minimum Gasteiger partial charge on any atom is -0.449 e. The predicted molar refractivity (Wildman–Crippen MR) is 83.1 cm³/mol. The maximum absolute atomic E-state index is 12.1. The van der Waals surface area contributed by atoms with Gasteiger partial charge in [-0.05, 0) is 32.9 Å². The molecule has 1 saturated heterocycles. The van der Waals surface area contributed by atoms with Crippen LogP contribution in [-0.4, -0.2) is 47.5 Å². The van der Waals surface area contributed by atoms with Gasteiger partial charge in [-0.15, -0.1) is 0 Å². The standard InChI is InChI=1S/C17H21NO5/c1-17(2,3)23-16(21)18-10-9-13(19)14(11-18)22-15(20)12-7-5-4-6-8-12/h4-8,14H,9-11H2,1-3H3/t14-/m0/s1. The van der Waals surface area contributed by atoms with Crippen LogP contribution in [0.25, 0.3) is 0 Å². The van der Waals surface area contributed by atoms with Gasteiger partial charge in [0.2, 0.25) is 0 Å². The lowest BCUT2D eigenvalue weighted by Crippen LogP contribution is -2.50. The molecular formula is C17H21NO5. The zero-order valence-electron chi connectivity index (χ0n) is 13.6. The predicted octanol–water partition coefficient (Wildman–Crippen LogP) is 2.42. The number of Topliss-reactive ketones (excluding diaryl/α,β-unsaturated/α-hetero) is 1. The number of nitrogens with zero attached hydrogens (tertiary/aromatic N) is 1. The monoisotopic (exact) mass is 319 g/mol. The van der Waals surface area contributed by atoms with E-state index in [-0.39, 0.29) is 25.3 Å². The third-order valence-electron chi connectivity index (χ3n) is 3.28. The largest absolute Gasteiger partial charge is 0.449 e. The number of carbonyl (C=O) groups is 3. The average molecular weight is 319 g/mol. The molecule has 0 aromatic heterocycles.